The SMILES string of the molecule is COc1cc2c(c([N+](=O)[O-])c1)O[C@H](CO)CO2. The third kappa shape index (κ3) is 2.09. The first-order chi connectivity index (χ1) is 8.15. The first-order valence-corrected chi connectivity index (χ1v) is 4.92. The van der Waals surface area contributed by atoms with Gasteiger partial charge in [-0.1, -0.05) is 0 Å². The molecule has 17 heavy (non-hydrogen) atoms. The van der Waals surface area contributed by atoms with Gasteiger partial charge in [0.15, 0.2) is 11.9 Å². The highest BCUT2D eigenvalue weighted by atomic mass is 16.6. The van der Waals surface area contributed by atoms with Crippen LogP contribution in [0.25, 0.3) is 0 Å². The molecule has 0 saturated heterocycles. The van der Waals surface area contributed by atoms with E-state index in [0.717, 1.165) is 0 Å². The molecule has 0 saturated carbocycles. The smallest absolute Gasteiger partial charge is 0.318 e. The van der Waals surface area contributed by atoms with Crippen molar-refractivity contribution in [2.75, 3.05) is 20.3 Å². The fourth-order valence-corrected chi connectivity index (χ4v) is 1.52. The molecular weight excluding hydrogens is 230 g/mol. The largest absolute Gasteiger partial charge is 0.496 e. The van der Waals surface area contributed by atoms with Crippen LogP contribution in [0.1, 0.15) is 0 Å². The van der Waals surface area contributed by atoms with Crippen LogP contribution in [-0.4, -0.2) is 36.5 Å². The van der Waals surface area contributed by atoms with Crippen molar-refractivity contribution in [1.29, 1.82) is 0 Å². The number of ether oxygens (including phenoxy) is 3. The lowest BCUT2D eigenvalue weighted by Gasteiger charge is -2.25. The van der Waals surface area contributed by atoms with Crippen LogP contribution in [0, 0.1) is 10.1 Å². The lowest BCUT2D eigenvalue weighted by atomic mass is 10.2. The third-order valence-corrected chi connectivity index (χ3v) is 2.35. The molecule has 1 aromatic rings. The van der Waals surface area contributed by atoms with Gasteiger partial charge < -0.3 is 19.3 Å². The maximum absolute atomic E-state index is 10.9. The van der Waals surface area contributed by atoms with Crippen LogP contribution in [0.3, 0.4) is 0 Å². The Morgan fingerprint density at radius 2 is 2.41 bits per heavy atom. The van der Waals surface area contributed by atoms with Crippen molar-refractivity contribution in [1.82, 2.24) is 0 Å². The van der Waals surface area contributed by atoms with E-state index >= 15 is 0 Å². The molecule has 0 aliphatic carbocycles. The summed E-state index contributed by atoms with van der Waals surface area (Å²) in [5.41, 5.74) is -0.238. The number of rotatable bonds is 3. The summed E-state index contributed by atoms with van der Waals surface area (Å²) >= 11 is 0. The molecule has 0 unspecified atom stereocenters. The summed E-state index contributed by atoms with van der Waals surface area (Å²) in [6.45, 7) is -0.115. The number of benzene rings is 1. The van der Waals surface area contributed by atoms with Gasteiger partial charge >= 0.3 is 5.69 Å². The average molecular weight is 241 g/mol. The Labute approximate surface area is 96.7 Å². The van der Waals surface area contributed by atoms with Gasteiger partial charge in [0.25, 0.3) is 0 Å². The number of nitro groups is 1. The molecule has 0 aromatic heterocycles. The van der Waals surface area contributed by atoms with E-state index in [4.69, 9.17) is 19.3 Å². The highest BCUT2D eigenvalue weighted by Gasteiger charge is 2.29. The Hall–Kier alpha value is -2.02. The molecule has 1 aliphatic rings. The molecule has 0 spiro atoms. The van der Waals surface area contributed by atoms with Crippen LogP contribution in [0.2, 0.25) is 0 Å². The van der Waals surface area contributed by atoms with Gasteiger partial charge in [0, 0.05) is 6.07 Å². The van der Waals surface area contributed by atoms with Crippen molar-refractivity contribution in [2.45, 2.75) is 6.10 Å². The monoisotopic (exact) mass is 241 g/mol. The number of nitro benzene ring substituents is 1. The second kappa shape index (κ2) is 4.46. The van der Waals surface area contributed by atoms with Crippen molar-refractivity contribution < 1.29 is 24.2 Å². The Bertz CT molecular complexity index is 447. The van der Waals surface area contributed by atoms with Crippen molar-refractivity contribution in [3.63, 3.8) is 0 Å². The van der Waals surface area contributed by atoms with Crippen molar-refractivity contribution in [2.24, 2.45) is 0 Å². The van der Waals surface area contributed by atoms with Crippen LogP contribution in [0.4, 0.5) is 5.69 Å². The molecule has 0 fully saturated rings. The molecule has 1 atom stereocenters. The summed E-state index contributed by atoms with van der Waals surface area (Å²) in [6, 6.07) is 2.76. The predicted molar refractivity (Wildman–Crippen MR) is 56.6 cm³/mol. The summed E-state index contributed by atoms with van der Waals surface area (Å²) in [6.07, 6.45) is -0.588. The highest BCUT2D eigenvalue weighted by Crippen LogP contribution is 2.43. The number of fused-ring (bicyclic) bond motifs is 1. The first kappa shape index (κ1) is 11.5. The minimum atomic E-state index is -0.588. The van der Waals surface area contributed by atoms with Gasteiger partial charge in [-0.25, -0.2) is 0 Å². The Kier molecular flexibility index (Phi) is 3.01. The van der Waals surface area contributed by atoms with Gasteiger partial charge in [0.05, 0.1) is 24.7 Å². The van der Waals surface area contributed by atoms with Gasteiger partial charge in [-0.2, -0.15) is 0 Å². The van der Waals surface area contributed by atoms with Crippen LogP contribution in [0.15, 0.2) is 12.1 Å². The maximum atomic E-state index is 10.9. The molecule has 1 heterocycles. The summed E-state index contributed by atoms with van der Waals surface area (Å²) in [5, 5.41) is 19.8. The van der Waals surface area contributed by atoms with E-state index in [0.29, 0.717) is 5.75 Å². The zero-order chi connectivity index (χ0) is 12.4. The molecule has 1 N–H and O–H groups in total. The topological polar surface area (TPSA) is 91.1 Å². The van der Waals surface area contributed by atoms with Crippen molar-refractivity contribution >= 4 is 5.69 Å². The van der Waals surface area contributed by atoms with Crippen molar-refractivity contribution in [3.05, 3.63) is 22.2 Å². The van der Waals surface area contributed by atoms with E-state index in [9.17, 15) is 10.1 Å². The molecule has 0 radical (unpaired) electrons. The van der Waals surface area contributed by atoms with Gasteiger partial charge in [-0.3, -0.25) is 10.1 Å². The van der Waals surface area contributed by atoms with E-state index in [1.165, 1.54) is 19.2 Å². The normalized spacial score (nSPS) is 17.6. The highest BCUT2D eigenvalue weighted by molar-refractivity contribution is 5.60. The maximum Gasteiger partial charge on any atom is 0.318 e. The third-order valence-electron chi connectivity index (χ3n) is 2.35. The van der Waals surface area contributed by atoms with E-state index < -0.39 is 11.0 Å². The molecule has 0 bridgehead atoms. The molecule has 0 amide bonds. The zero-order valence-electron chi connectivity index (χ0n) is 9.08. The van der Waals surface area contributed by atoms with Crippen LogP contribution in [0.5, 0.6) is 17.2 Å². The Morgan fingerprint density at radius 3 is 3.00 bits per heavy atom. The molecule has 7 nitrogen and oxygen atoms in total. The summed E-state index contributed by atoms with van der Waals surface area (Å²) in [7, 11) is 1.41. The Morgan fingerprint density at radius 1 is 1.65 bits per heavy atom. The second-order valence-electron chi connectivity index (χ2n) is 3.46. The van der Waals surface area contributed by atoms with Crippen LogP contribution < -0.4 is 14.2 Å². The van der Waals surface area contributed by atoms with Crippen LogP contribution >= 0.6 is 0 Å². The second-order valence-corrected chi connectivity index (χ2v) is 3.46. The van der Waals surface area contributed by atoms with E-state index in [1.807, 2.05) is 0 Å². The molecular formula is C10H11NO6. The molecule has 92 valence electrons. The van der Waals surface area contributed by atoms with E-state index in [-0.39, 0.29) is 30.4 Å². The number of nitrogens with zero attached hydrogens (tertiary/aromatic N) is 1. The number of aliphatic hydroxyl groups is 1. The summed E-state index contributed by atoms with van der Waals surface area (Å²) in [4.78, 5) is 10.3. The molecule has 1 aliphatic heterocycles. The summed E-state index contributed by atoms with van der Waals surface area (Å²) in [5.74, 6) is 0.600. The fourth-order valence-electron chi connectivity index (χ4n) is 1.52. The lowest BCUT2D eigenvalue weighted by molar-refractivity contribution is -0.386. The van der Waals surface area contributed by atoms with Gasteiger partial charge in [0.2, 0.25) is 5.75 Å². The first-order valence-electron chi connectivity index (χ1n) is 4.92. The average Bonchev–Trinajstić information content (AvgIpc) is 2.36. The van der Waals surface area contributed by atoms with Gasteiger partial charge in [0.1, 0.15) is 12.4 Å². The number of methoxy groups -OCH3 is 1. The predicted octanol–water partition coefficient (Wildman–Crippen LogP) is 0.736. The van der Waals surface area contributed by atoms with Crippen LogP contribution in [-0.2, 0) is 0 Å². The summed E-state index contributed by atoms with van der Waals surface area (Å²) < 4.78 is 15.5. The minimum Gasteiger partial charge on any atom is -0.496 e. The van der Waals surface area contributed by atoms with E-state index in [2.05, 4.69) is 0 Å². The molecule has 1 aromatic carbocycles. The quantitative estimate of drug-likeness (QED) is 0.619. The number of aliphatic hydroxyl groups excluding tert-OH is 1. The standard InChI is InChI=1S/C10H11NO6/c1-15-6-2-8(11(13)14)10-9(3-6)16-5-7(4-12)17-10/h2-3,7,12H,4-5H2,1H3/t7-/m1/s1. The van der Waals surface area contributed by atoms with Gasteiger partial charge in [-0.15, -0.1) is 0 Å². The fraction of sp³-hybridized carbons (Fsp3) is 0.400. The number of hydrogen-bond acceptors (Lipinski definition) is 6. The Balaban J connectivity index is 2.47. The minimum absolute atomic E-state index is 0.0288. The van der Waals surface area contributed by atoms with E-state index in [1.54, 1.807) is 0 Å². The number of hydrogen-bond donors (Lipinski definition) is 1. The van der Waals surface area contributed by atoms with Crippen molar-refractivity contribution in [3.8, 4) is 17.2 Å². The zero-order valence-corrected chi connectivity index (χ0v) is 9.08. The lowest BCUT2D eigenvalue weighted by Crippen LogP contribution is -2.32. The molecule has 2 rings (SSSR count). The molecule has 7 heteroatoms. The van der Waals surface area contributed by atoms with Gasteiger partial charge in [-0.05, 0) is 0 Å².